The van der Waals surface area contributed by atoms with Crippen LogP contribution in [-0.2, 0) is 14.9 Å². The van der Waals surface area contributed by atoms with Crippen LogP contribution in [0.5, 0.6) is 0 Å². The Hall–Kier alpha value is -0.170. The number of nitrogens with zero attached hydrogens (tertiary/aromatic N) is 1. The Morgan fingerprint density at radius 1 is 1.10 bits per heavy atom. The van der Waals surface area contributed by atoms with Crippen LogP contribution in [-0.4, -0.2) is 62.6 Å². The quantitative estimate of drug-likeness (QED) is 0.340. The molecule has 1 N–H and O–H groups in total. The van der Waals surface area contributed by atoms with Gasteiger partial charge in [0.15, 0.2) is 0 Å². The first-order chi connectivity index (χ1) is 9.47. The Morgan fingerprint density at radius 2 is 1.71 bits per heavy atom. The second-order valence-corrected chi connectivity index (χ2v) is 8.70. The fourth-order valence-electron chi connectivity index (χ4n) is 2.71. The summed E-state index contributed by atoms with van der Waals surface area (Å²) in [4.78, 5) is 0. The molecule has 0 aromatic heterocycles. The minimum absolute atomic E-state index is 0.174. The maximum absolute atomic E-state index is 10.8. The van der Waals surface area contributed by atoms with E-state index in [-0.39, 0.29) is 11.4 Å². The van der Waals surface area contributed by atoms with Gasteiger partial charge in [-0.25, -0.2) is 0 Å². The average Bonchev–Trinajstić information content (AvgIpc) is 2.24. The Balaban J connectivity index is 4.09. The lowest BCUT2D eigenvalue weighted by Gasteiger charge is -2.37. The lowest BCUT2D eigenvalue weighted by molar-refractivity contribution is -0.896. The highest BCUT2D eigenvalue weighted by Gasteiger charge is 2.29. The topological polar surface area (TPSA) is 63.6 Å². The molecule has 0 atom stereocenters. The standard InChI is InChI=1S/C15H33NO4S/c1-6-7-8-9-12-20-15(2,3)14-16(4,5)11-10-13-21(17,18)19/h6-14H2,1-5H3/p+1. The predicted molar refractivity (Wildman–Crippen MR) is 87.0 cm³/mol. The van der Waals surface area contributed by atoms with Crippen molar-refractivity contribution >= 4 is 10.1 Å². The zero-order valence-electron chi connectivity index (χ0n) is 14.4. The molecule has 0 saturated heterocycles. The van der Waals surface area contributed by atoms with Crippen LogP contribution >= 0.6 is 0 Å². The van der Waals surface area contributed by atoms with Crippen molar-refractivity contribution < 1.29 is 22.2 Å². The van der Waals surface area contributed by atoms with Crippen molar-refractivity contribution in [2.24, 2.45) is 0 Å². The fourth-order valence-corrected chi connectivity index (χ4v) is 3.20. The van der Waals surface area contributed by atoms with Gasteiger partial charge in [0.1, 0.15) is 12.1 Å². The van der Waals surface area contributed by atoms with E-state index in [1.54, 1.807) is 0 Å². The molecule has 0 aliphatic heterocycles. The van der Waals surface area contributed by atoms with Crippen LogP contribution in [0.25, 0.3) is 0 Å². The van der Waals surface area contributed by atoms with Crippen LogP contribution in [0.1, 0.15) is 52.9 Å². The normalized spacial score (nSPS) is 13.6. The van der Waals surface area contributed by atoms with Gasteiger partial charge >= 0.3 is 0 Å². The van der Waals surface area contributed by atoms with Crippen LogP contribution < -0.4 is 0 Å². The lowest BCUT2D eigenvalue weighted by Crippen LogP contribution is -2.51. The molecule has 0 aromatic rings. The molecular weight excluding hydrogens is 290 g/mol. The van der Waals surface area contributed by atoms with Gasteiger partial charge in [-0.1, -0.05) is 26.2 Å². The maximum Gasteiger partial charge on any atom is 0.265 e. The molecule has 0 aliphatic carbocycles. The van der Waals surface area contributed by atoms with Gasteiger partial charge in [-0.15, -0.1) is 0 Å². The molecule has 0 amide bonds. The van der Waals surface area contributed by atoms with Crippen molar-refractivity contribution in [3.63, 3.8) is 0 Å². The molecular formula is C15H34NO4S+. The molecule has 0 aromatic carbocycles. The highest BCUT2D eigenvalue weighted by atomic mass is 32.2. The molecule has 0 bridgehead atoms. The first-order valence-corrected chi connectivity index (χ1v) is 9.49. The minimum atomic E-state index is -3.85. The molecule has 0 fully saturated rings. The number of ether oxygens (including phenoxy) is 1. The third kappa shape index (κ3) is 13.2. The van der Waals surface area contributed by atoms with Gasteiger partial charge in [0.25, 0.3) is 10.1 Å². The summed E-state index contributed by atoms with van der Waals surface area (Å²) in [5.41, 5.74) is -0.228. The molecule has 6 heteroatoms. The van der Waals surface area contributed by atoms with Crippen molar-refractivity contribution in [2.45, 2.75) is 58.5 Å². The van der Waals surface area contributed by atoms with Gasteiger partial charge in [0.2, 0.25) is 0 Å². The van der Waals surface area contributed by atoms with E-state index in [1.807, 2.05) is 0 Å². The van der Waals surface area contributed by atoms with E-state index < -0.39 is 10.1 Å². The Morgan fingerprint density at radius 3 is 2.24 bits per heavy atom. The van der Waals surface area contributed by atoms with Crippen molar-refractivity contribution in [3.05, 3.63) is 0 Å². The van der Waals surface area contributed by atoms with Crippen molar-refractivity contribution in [3.8, 4) is 0 Å². The second kappa shape index (κ2) is 9.08. The van der Waals surface area contributed by atoms with Crippen LogP contribution in [0.3, 0.4) is 0 Å². The Bertz CT molecular complexity index is 377. The molecule has 0 spiro atoms. The van der Waals surface area contributed by atoms with Crippen molar-refractivity contribution in [1.82, 2.24) is 0 Å². The van der Waals surface area contributed by atoms with Gasteiger partial charge in [-0.05, 0) is 20.3 Å². The van der Waals surface area contributed by atoms with Crippen LogP contribution in [0, 0.1) is 0 Å². The Kier molecular flexibility index (Phi) is 9.00. The van der Waals surface area contributed by atoms with Gasteiger partial charge in [0.05, 0.1) is 26.4 Å². The maximum atomic E-state index is 10.8. The van der Waals surface area contributed by atoms with E-state index in [0.29, 0.717) is 17.4 Å². The first kappa shape index (κ1) is 20.8. The van der Waals surface area contributed by atoms with Crippen LogP contribution in [0.2, 0.25) is 0 Å². The molecule has 128 valence electrons. The van der Waals surface area contributed by atoms with E-state index in [1.165, 1.54) is 19.3 Å². The monoisotopic (exact) mass is 324 g/mol. The number of quaternary nitrogens is 1. The second-order valence-electron chi connectivity index (χ2n) is 7.13. The summed E-state index contributed by atoms with van der Waals surface area (Å²) in [6.07, 6.45) is 5.23. The summed E-state index contributed by atoms with van der Waals surface area (Å²) in [6.45, 7) is 8.63. The van der Waals surface area contributed by atoms with Gasteiger partial charge in [0, 0.05) is 13.0 Å². The molecule has 0 aliphatic rings. The SMILES string of the molecule is CCCCCCOC(C)(C)C[N+](C)(C)CCCS(=O)(=O)O. The highest BCUT2D eigenvalue weighted by molar-refractivity contribution is 7.85. The highest BCUT2D eigenvalue weighted by Crippen LogP contribution is 2.16. The summed E-state index contributed by atoms with van der Waals surface area (Å²) < 4.78 is 36.9. The smallest absolute Gasteiger partial charge is 0.265 e. The molecule has 21 heavy (non-hydrogen) atoms. The van der Waals surface area contributed by atoms with Gasteiger partial charge in [-0.3, -0.25) is 4.55 Å². The number of hydrogen-bond acceptors (Lipinski definition) is 3. The summed E-state index contributed by atoms with van der Waals surface area (Å²) in [6, 6.07) is 0. The molecule has 0 unspecified atom stereocenters. The van der Waals surface area contributed by atoms with E-state index in [2.05, 4.69) is 34.9 Å². The molecule has 0 heterocycles. The summed E-state index contributed by atoms with van der Waals surface area (Å²) in [5, 5.41) is 0. The molecule has 0 rings (SSSR count). The minimum Gasteiger partial charge on any atom is -0.370 e. The van der Waals surface area contributed by atoms with Crippen LogP contribution in [0.4, 0.5) is 0 Å². The van der Waals surface area contributed by atoms with Gasteiger partial charge in [-0.2, -0.15) is 8.42 Å². The summed E-state index contributed by atoms with van der Waals surface area (Å²) in [7, 11) is 0.269. The summed E-state index contributed by atoms with van der Waals surface area (Å²) >= 11 is 0. The van der Waals surface area contributed by atoms with Gasteiger partial charge < -0.3 is 9.22 Å². The van der Waals surface area contributed by atoms with E-state index in [0.717, 1.165) is 19.6 Å². The third-order valence-electron chi connectivity index (χ3n) is 3.47. The van der Waals surface area contributed by atoms with Crippen molar-refractivity contribution in [2.75, 3.05) is 39.5 Å². The lowest BCUT2D eigenvalue weighted by atomic mass is 10.1. The fraction of sp³-hybridized carbons (Fsp3) is 1.00. The number of hydrogen-bond donors (Lipinski definition) is 1. The van der Waals surface area contributed by atoms with Crippen molar-refractivity contribution in [1.29, 1.82) is 0 Å². The molecule has 0 saturated carbocycles. The number of unbranched alkanes of at least 4 members (excludes halogenated alkanes) is 3. The third-order valence-corrected chi connectivity index (χ3v) is 4.27. The molecule has 5 nitrogen and oxygen atoms in total. The Labute approximate surface area is 131 Å². The number of likely N-dealkylation sites (N-methyl/N-ethyl adjacent to an activating group) is 1. The number of rotatable bonds is 12. The largest absolute Gasteiger partial charge is 0.370 e. The zero-order chi connectivity index (χ0) is 16.6. The van der Waals surface area contributed by atoms with E-state index >= 15 is 0 Å². The van der Waals surface area contributed by atoms with E-state index in [4.69, 9.17) is 9.29 Å². The first-order valence-electron chi connectivity index (χ1n) is 7.88. The average molecular weight is 325 g/mol. The molecule has 0 radical (unpaired) electrons. The van der Waals surface area contributed by atoms with E-state index in [9.17, 15) is 8.42 Å². The summed E-state index contributed by atoms with van der Waals surface area (Å²) in [5.74, 6) is -0.174. The zero-order valence-corrected chi connectivity index (χ0v) is 15.2. The predicted octanol–water partition coefficient (Wildman–Crippen LogP) is 2.72. The van der Waals surface area contributed by atoms with Crippen LogP contribution in [0.15, 0.2) is 0 Å².